The monoisotopic (exact) mass is 195 g/mol. The lowest BCUT2D eigenvalue weighted by Gasteiger charge is -2.24. The highest BCUT2D eigenvalue weighted by Gasteiger charge is 2.37. The first-order valence-corrected chi connectivity index (χ1v) is 4.73. The fourth-order valence-electron chi connectivity index (χ4n) is 2.09. The van der Waals surface area contributed by atoms with Crippen LogP contribution in [0, 0.1) is 5.92 Å². The summed E-state index contributed by atoms with van der Waals surface area (Å²) in [6.45, 7) is 3.82. The van der Waals surface area contributed by atoms with Crippen LogP contribution in [0.1, 0.15) is 26.7 Å². The summed E-state index contributed by atoms with van der Waals surface area (Å²) in [4.78, 5) is 1.56. The van der Waals surface area contributed by atoms with E-state index in [9.17, 15) is 13.2 Å². The first kappa shape index (κ1) is 10.8. The summed E-state index contributed by atoms with van der Waals surface area (Å²) in [5.41, 5.74) is 0. The molecule has 1 saturated heterocycles. The standard InChI is InChI=1S/C9H16F3N/c1-3-8-4-7(2)5-13(8)6-9(10,11)12/h7-8H,3-6H2,1-2H3/t7-,8+/m0/s1. The van der Waals surface area contributed by atoms with Crippen molar-refractivity contribution in [2.45, 2.75) is 38.9 Å². The van der Waals surface area contributed by atoms with Crippen molar-refractivity contribution in [3.63, 3.8) is 0 Å². The molecule has 0 amide bonds. The van der Waals surface area contributed by atoms with Crippen molar-refractivity contribution in [3.05, 3.63) is 0 Å². The van der Waals surface area contributed by atoms with Gasteiger partial charge in [0.1, 0.15) is 0 Å². The molecule has 0 radical (unpaired) electrons. The van der Waals surface area contributed by atoms with E-state index >= 15 is 0 Å². The van der Waals surface area contributed by atoms with Crippen molar-refractivity contribution in [2.24, 2.45) is 5.92 Å². The quantitative estimate of drug-likeness (QED) is 0.654. The Morgan fingerprint density at radius 3 is 2.46 bits per heavy atom. The van der Waals surface area contributed by atoms with Crippen LogP contribution in [0.4, 0.5) is 13.2 Å². The molecule has 2 atom stereocenters. The molecule has 0 aromatic rings. The number of likely N-dealkylation sites (tertiary alicyclic amines) is 1. The lowest BCUT2D eigenvalue weighted by Crippen LogP contribution is -2.37. The molecule has 1 aliphatic rings. The summed E-state index contributed by atoms with van der Waals surface area (Å²) in [6.07, 6.45) is -2.31. The van der Waals surface area contributed by atoms with Crippen molar-refractivity contribution >= 4 is 0 Å². The molecule has 78 valence electrons. The Morgan fingerprint density at radius 2 is 2.00 bits per heavy atom. The molecule has 1 heterocycles. The average Bonchev–Trinajstić information content (AvgIpc) is 2.27. The van der Waals surface area contributed by atoms with Gasteiger partial charge in [-0.2, -0.15) is 13.2 Å². The molecule has 1 fully saturated rings. The van der Waals surface area contributed by atoms with Crippen molar-refractivity contribution < 1.29 is 13.2 Å². The SMILES string of the molecule is CC[C@@H]1C[C@H](C)CN1CC(F)(F)F. The number of hydrogen-bond donors (Lipinski definition) is 0. The fourth-order valence-corrected chi connectivity index (χ4v) is 2.09. The maximum atomic E-state index is 12.1. The molecule has 0 aromatic heterocycles. The zero-order valence-electron chi connectivity index (χ0n) is 8.06. The second kappa shape index (κ2) is 3.86. The number of halogens is 3. The third-order valence-electron chi connectivity index (χ3n) is 2.59. The topological polar surface area (TPSA) is 3.24 Å². The normalized spacial score (nSPS) is 31.2. The van der Waals surface area contributed by atoms with E-state index in [0.29, 0.717) is 12.5 Å². The Morgan fingerprint density at radius 1 is 1.38 bits per heavy atom. The van der Waals surface area contributed by atoms with Gasteiger partial charge in [-0.05, 0) is 18.8 Å². The largest absolute Gasteiger partial charge is 0.401 e. The van der Waals surface area contributed by atoms with Gasteiger partial charge < -0.3 is 0 Å². The molecule has 1 rings (SSSR count). The van der Waals surface area contributed by atoms with Gasteiger partial charge in [0.25, 0.3) is 0 Å². The van der Waals surface area contributed by atoms with Crippen LogP contribution in [0.15, 0.2) is 0 Å². The first-order valence-electron chi connectivity index (χ1n) is 4.73. The molecule has 1 aliphatic heterocycles. The minimum absolute atomic E-state index is 0.136. The number of hydrogen-bond acceptors (Lipinski definition) is 1. The minimum Gasteiger partial charge on any atom is -0.292 e. The van der Waals surface area contributed by atoms with Crippen molar-refractivity contribution in [1.29, 1.82) is 0 Å². The molecular formula is C9H16F3N. The van der Waals surface area contributed by atoms with Crippen LogP contribution in [0.25, 0.3) is 0 Å². The van der Waals surface area contributed by atoms with Crippen LogP contribution in [0.3, 0.4) is 0 Å². The van der Waals surface area contributed by atoms with E-state index in [1.54, 1.807) is 4.90 Å². The van der Waals surface area contributed by atoms with Crippen molar-refractivity contribution in [1.82, 2.24) is 4.90 Å². The van der Waals surface area contributed by atoms with Gasteiger partial charge in [0.15, 0.2) is 0 Å². The smallest absolute Gasteiger partial charge is 0.292 e. The zero-order chi connectivity index (χ0) is 10.1. The van der Waals surface area contributed by atoms with Crippen LogP contribution in [0.5, 0.6) is 0 Å². The van der Waals surface area contributed by atoms with Crippen LogP contribution in [0.2, 0.25) is 0 Å². The average molecular weight is 195 g/mol. The molecular weight excluding hydrogens is 179 g/mol. The molecule has 0 bridgehead atoms. The Bertz CT molecular complexity index is 167. The molecule has 0 spiro atoms. The Kier molecular flexibility index (Phi) is 3.22. The van der Waals surface area contributed by atoms with E-state index in [1.807, 2.05) is 13.8 Å². The van der Waals surface area contributed by atoms with Gasteiger partial charge in [-0.15, -0.1) is 0 Å². The summed E-state index contributed by atoms with van der Waals surface area (Å²) < 4.78 is 36.3. The third kappa shape index (κ3) is 3.18. The maximum absolute atomic E-state index is 12.1. The van der Waals surface area contributed by atoms with Crippen LogP contribution in [-0.4, -0.2) is 30.2 Å². The maximum Gasteiger partial charge on any atom is 0.401 e. The number of rotatable bonds is 2. The molecule has 0 aromatic carbocycles. The van der Waals surface area contributed by atoms with E-state index in [-0.39, 0.29) is 6.04 Å². The molecule has 1 nitrogen and oxygen atoms in total. The van der Waals surface area contributed by atoms with Crippen LogP contribution < -0.4 is 0 Å². The van der Waals surface area contributed by atoms with Crippen molar-refractivity contribution in [2.75, 3.05) is 13.1 Å². The van der Waals surface area contributed by atoms with E-state index in [4.69, 9.17) is 0 Å². The second-order valence-electron chi connectivity index (χ2n) is 3.95. The van der Waals surface area contributed by atoms with Gasteiger partial charge in [-0.1, -0.05) is 13.8 Å². The molecule has 13 heavy (non-hydrogen) atoms. The van der Waals surface area contributed by atoms with E-state index in [1.165, 1.54) is 0 Å². The molecule has 0 unspecified atom stereocenters. The molecule has 4 heteroatoms. The van der Waals surface area contributed by atoms with E-state index < -0.39 is 12.7 Å². The van der Waals surface area contributed by atoms with Gasteiger partial charge in [0, 0.05) is 12.6 Å². The Balaban J connectivity index is 2.49. The predicted octanol–water partition coefficient (Wildman–Crippen LogP) is 2.67. The van der Waals surface area contributed by atoms with Gasteiger partial charge in [0.2, 0.25) is 0 Å². The lowest BCUT2D eigenvalue weighted by molar-refractivity contribution is -0.147. The Hall–Kier alpha value is -0.250. The minimum atomic E-state index is -4.04. The van der Waals surface area contributed by atoms with E-state index in [0.717, 1.165) is 12.8 Å². The zero-order valence-corrected chi connectivity index (χ0v) is 8.06. The first-order chi connectivity index (χ1) is 5.92. The number of nitrogens with zero attached hydrogens (tertiary/aromatic N) is 1. The highest BCUT2D eigenvalue weighted by atomic mass is 19.4. The summed E-state index contributed by atoms with van der Waals surface area (Å²) >= 11 is 0. The van der Waals surface area contributed by atoms with Crippen LogP contribution in [-0.2, 0) is 0 Å². The second-order valence-corrected chi connectivity index (χ2v) is 3.95. The molecule has 0 N–H and O–H groups in total. The third-order valence-corrected chi connectivity index (χ3v) is 2.59. The Labute approximate surface area is 76.9 Å². The predicted molar refractivity (Wildman–Crippen MR) is 45.5 cm³/mol. The summed E-state index contributed by atoms with van der Waals surface area (Å²) in [5, 5.41) is 0. The number of alkyl halides is 3. The van der Waals surface area contributed by atoms with E-state index in [2.05, 4.69) is 0 Å². The van der Waals surface area contributed by atoms with Crippen molar-refractivity contribution in [3.8, 4) is 0 Å². The highest BCUT2D eigenvalue weighted by Crippen LogP contribution is 2.28. The summed E-state index contributed by atoms with van der Waals surface area (Å²) in [7, 11) is 0. The van der Waals surface area contributed by atoms with Gasteiger partial charge in [0.05, 0.1) is 6.54 Å². The van der Waals surface area contributed by atoms with Gasteiger partial charge >= 0.3 is 6.18 Å². The van der Waals surface area contributed by atoms with Gasteiger partial charge in [-0.3, -0.25) is 4.90 Å². The highest BCUT2D eigenvalue weighted by molar-refractivity contribution is 4.83. The fraction of sp³-hybridized carbons (Fsp3) is 1.00. The summed E-state index contributed by atoms with van der Waals surface area (Å²) in [5.74, 6) is 0.410. The van der Waals surface area contributed by atoms with Gasteiger partial charge in [-0.25, -0.2) is 0 Å². The van der Waals surface area contributed by atoms with Crippen LogP contribution >= 0.6 is 0 Å². The molecule has 0 saturated carbocycles. The summed E-state index contributed by atoms with van der Waals surface area (Å²) in [6, 6.07) is 0.136. The lowest BCUT2D eigenvalue weighted by atomic mass is 10.1. The molecule has 0 aliphatic carbocycles.